The molecular weight excluding hydrogens is 448 g/mol. The summed E-state index contributed by atoms with van der Waals surface area (Å²) in [6.07, 6.45) is 0. The highest BCUT2D eigenvalue weighted by atomic mass is 32.2. The summed E-state index contributed by atoms with van der Waals surface area (Å²) in [6, 6.07) is 24.4. The summed E-state index contributed by atoms with van der Waals surface area (Å²) in [6.45, 7) is 0.448. The SMILES string of the molecule is CN(C)CCS(=O)(=O)N(C)c1ccc(NC(=C2C(=O)Nc3ccccc32)c2ccccc2)cc1. The Bertz CT molecular complexity index is 1320. The van der Waals surface area contributed by atoms with Crippen LogP contribution in [0, 0.1) is 0 Å². The smallest absolute Gasteiger partial charge is 0.258 e. The summed E-state index contributed by atoms with van der Waals surface area (Å²) < 4.78 is 26.6. The van der Waals surface area contributed by atoms with Crippen LogP contribution < -0.4 is 14.9 Å². The van der Waals surface area contributed by atoms with Gasteiger partial charge >= 0.3 is 0 Å². The average Bonchev–Trinajstić information content (AvgIpc) is 3.17. The van der Waals surface area contributed by atoms with Crippen molar-refractivity contribution in [1.82, 2.24) is 4.90 Å². The molecule has 1 amide bonds. The van der Waals surface area contributed by atoms with Crippen LogP contribution in [0.15, 0.2) is 78.9 Å². The van der Waals surface area contributed by atoms with Gasteiger partial charge in [0.2, 0.25) is 10.0 Å². The number of anilines is 3. The van der Waals surface area contributed by atoms with E-state index in [4.69, 9.17) is 0 Å². The number of amides is 1. The minimum atomic E-state index is -3.43. The van der Waals surface area contributed by atoms with Gasteiger partial charge in [-0.25, -0.2) is 8.42 Å². The predicted molar refractivity (Wildman–Crippen MR) is 139 cm³/mol. The van der Waals surface area contributed by atoms with Crippen molar-refractivity contribution in [3.8, 4) is 0 Å². The zero-order valence-corrected chi connectivity index (χ0v) is 20.3. The molecule has 1 aliphatic rings. The number of nitrogens with one attached hydrogen (secondary N) is 2. The Morgan fingerprint density at radius 2 is 1.53 bits per heavy atom. The van der Waals surface area contributed by atoms with E-state index in [1.54, 1.807) is 19.2 Å². The molecule has 0 aliphatic carbocycles. The first-order valence-electron chi connectivity index (χ1n) is 10.9. The maximum absolute atomic E-state index is 12.9. The number of benzene rings is 3. The van der Waals surface area contributed by atoms with E-state index >= 15 is 0 Å². The van der Waals surface area contributed by atoms with Crippen LogP contribution in [0.5, 0.6) is 0 Å². The zero-order valence-electron chi connectivity index (χ0n) is 19.4. The number of fused-ring (bicyclic) bond motifs is 1. The maximum atomic E-state index is 12.9. The molecule has 0 aromatic heterocycles. The number of sulfonamides is 1. The van der Waals surface area contributed by atoms with Crippen LogP contribution in [0.4, 0.5) is 17.1 Å². The van der Waals surface area contributed by atoms with Crippen LogP contribution in [-0.2, 0) is 14.8 Å². The van der Waals surface area contributed by atoms with Gasteiger partial charge in [-0.1, -0.05) is 48.5 Å². The number of hydrogen-bond acceptors (Lipinski definition) is 5. The molecule has 7 nitrogen and oxygen atoms in total. The van der Waals surface area contributed by atoms with Crippen LogP contribution in [0.25, 0.3) is 11.3 Å². The van der Waals surface area contributed by atoms with E-state index in [9.17, 15) is 13.2 Å². The van der Waals surface area contributed by atoms with Gasteiger partial charge in [0.05, 0.1) is 22.7 Å². The van der Waals surface area contributed by atoms with E-state index in [1.165, 1.54) is 4.31 Å². The second-order valence-electron chi connectivity index (χ2n) is 8.37. The van der Waals surface area contributed by atoms with Gasteiger partial charge in [0.15, 0.2) is 0 Å². The lowest BCUT2D eigenvalue weighted by Crippen LogP contribution is -2.33. The van der Waals surface area contributed by atoms with Crippen LogP contribution in [0.3, 0.4) is 0 Å². The molecule has 0 atom stereocenters. The molecule has 34 heavy (non-hydrogen) atoms. The van der Waals surface area contributed by atoms with Crippen molar-refractivity contribution in [2.75, 3.05) is 48.4 Å². The highest BCUT2D eigenvalue weighted by molar-refractivity contribution is 7.92. The Hall–Kier alpha value is -3.62. The molecule has 8 heteroatoms. The third kappa shape index (κ3) is 4.98. The molecule has 1 heterocycles. The first-order valence-corrected chi connectivity index (χ1v) is 12.6. The molecule has 0 unspecified atom stereocenters. The van der Waals surface area contributed by atoms with Crippen molar-refractivity contribution in [3.05, 3.63) is 90.0 Å². The zero-order chi connectivity index (χ0) is 24.3. The average molecular weight is 477 g/mol. The molecule has 1 aliphatic heterocycles. The number of para-hydroxylation sites is 1. The first-order chi connectivity index (χ1) is 16.3. The lowest BCUT2D eigenvalue weighted by molar-refractivity contribution is -0.110. The molecular formula is C26H28N4O3S. The fraction of sp³-hybridized carbons (Fsp3) is 0.192. The number of carbonyl (C=O) groups is 1. The van der Waals surface area contributed by atoms with Gasteiger partial charge in [-0.2, -0.15) is 0 Å². The summed E-state index contributed by atoms with van der Waals surface area (Å²) in [5.41, 5.74) is 5.04. The van der Waals surface area contributed by atoms with Gasteiger partial charge in [-0.05, 0) is 50.0 Å². The number of nitrogens with zero attached hydrogens (tertiary/aromatic N) is 2. The largest absolute Gasteiger partial charge is 0.354 e. The van der Waals surface area contributed by atoms with Crippen LogP contribution in [-0.4, -0.2) is 52.7 Å². The second kappa shape index (κ2) is 9.70. The van der Waals surface area contributed by atoms with E-state index in [2.05, 4.69) is 10.6 Å². The van der Waals surface area contributed by atoms with Crippen molar-refractivity contribution in [2.24, 2.45) is 0 Å². The van der Waals surface area contributed by atoms with Gasteiger partial charge in [0.1, 0.15) is 0 Å². The van der Waals surface area contributed by atoms with Gasteiger partial charge in [-0.3, -0.25) is 9.10 Å². The molecule has 176 valence electrons. The molecule has 0 saturated carbocycles. The van der Waals surface area contributed by atoms with E-state index in [1.807, 2.05) is 85.7 Å². The van der Waals surface area contributed by atoms with Crippen molar-refractivity contribution >= 4 is 44.3 Å². The van der Waals surface area contributed by atoms with Gasteiger partial charge in [0, 0.05) is 30.5 Å². The summed E-state index contributed by atoms with van der Waals surface area (Å²) in [7, 11) is 1.82. The molecule has 4 rings (SSSR count). The summed E-state index contributed by atoms with van der Waals surface area (Å²) in [5.74, 6) is -0.133. The second-order valence-corrected chi connectivity index (χ2v) is 10.5. The third-order valence-corrected chi connectivity index (χ3v) is 7.44. The van der Waals surface area contributed by atoms with E-state index in [0.29, 0.717) is 23.5 Å². The number of carbonyl (C=O) groups excluding carboxylic acids is 1. The quantitative estimate of drug-likeness (QED) is 0.481. The molecule has 0 saturated heterocycles. The van der Waals surface area contributed by atoms with Gasteiger partial charge in [0.25, 0.3) is 5.91 Å². The fourth-order valence-corrected chi connectivity index (χ4v) is 5.06. The topological polar surface area (TPSA) is 81.8 Å². The number of rotatable bonds is 8. The standard InChI is InChI=1S/C26H28N4O3S/c1-29(2)17-18-34(32,33)30(3)21-15-13-20(14-16-21)27-25(19-9-5-4-6-10-19)24-22-11-7-8-12-23(22)28-26(24)31/h4-16,27H,17-18H2,1-3H3,(H,28,31). The lowest BCUT2D eigenvalue weighted by atomic mass is 10.00. The van der Waals surface area contributed by atoms with E-state index in [-0.39, 0.29) is 11.7 Å². The Morgan fingerprint density at radius 3 is 2.21 bits per heavy atom. The normalized spacial score (nSPS) is 14.5. The Labute approximate surface area is 200 Å². The van der Waals surface area contributed by atoms with Crippen molar-refractivity contribution in [2.45, 2.75) is 0 Å². The lowest BCUT2D eigenvalue weighted by Gasteiger charge is -2.21. The molecule has 3 aromatic carbocycles. The third-order valence-electron chi connectivity index (χ3n) is 5.70. The van der Waals surface area contributed by atoms with Crippen LogP contribution in [0.1, 0.15) is 11.1 Å². The van der Waals surface area contributed by atoms with Gasteiger partial charge in [-0.15, -0.1) is 0 Å². The molecule has 0 radical (unpaired) electrons. The van der Waals surface area contributed by atoms with Crippen LogP contribution in [0.2, 0.25) is 0 Å². The van der Waals surface area contributed by atoms with E-state index in [0.717, 1.165) is 22.5 Å². The summed E-state index contributed by atoms with van der Waals surface area (Å²) in [5, 5.41) is 6.33. The van der Waals surface area contributed by atoms with Crippen molar-refractivity contribution < 1.29 is 13.2 Å². The number of hydrogen-bond donors (Lipinski definition) is 2. The molecule has 0 spiro atoms. The maximum Gasteiger partial charge on any atom is 0.258 e. The Morgan fingerprint density at radius 1 is 0.882 bits per heavy atom. The predicted octanol–water partition coefficient (Wildman–Crippen LogP) is 3.95. The van der Waals surface area contributed by atoms with Crippen molar-refractivity contribution in [3.63, 3.8) is 0 Å². The molecule has 0 fully saturated rings. The van der Waals surface area contributed by atoms with Gasteiger partial charge < -0.3 is 15.5 Å². The Kier molecular flexibility index (Phi) is 6.72. The first kappa shape index (κ1) is 23.5. The minimum absolute atomic E-state index is 0.0370. The fourth-order valence-electron chi connectivity index (χ4n) is 3.74. The molecule has 2 N–H and O–H groups in total. The summed E-state index contributed by atoms with van der Waals surface area (Å²) >= 11 is 0. The molecule has 0 bridgehead atoms. The van der Waals surface area contributed by atoms with Crippen LogP contribution >= 0.6 is 0 Å². The minimum Gasteiger partial charge on any atom is -0.354 e. The highest BCUT2D eigenvalue weighted by Gasteiger charge is 2.28. The van der Waals surface area contributed by atoms with Crippen molar-refractivity contribution in [1.29, 1.82) is 0 Å². The monoisotopic (exact) mass is 476 g/mol. The highest BCUT2D eigenvalue weighted by Crippen LogP contribution is 2.37. The molecule has 3 aromatic rings. The summed E-state index contributed by atoms with van der Waals surface area (Å²) in [4.78, 5) is 14.8. The Balaban J connectivity index is 1.66. The van der Waals surface area contributed by atoms with E-state index < -0.39 is 10.0 Å².